The van der Waals surface area contributed by atoms with Gasteiger partial charge in [-0.2, -0.15) is 0 Å². The zero-order chi connectivity index (χ0) is 17.6. The first-order valence-corrected chi connectivity index (χ1v) is 8.82. The van der Waals surface area contributed by atoms with Crippen LogP contribution in [-0.2, 0) is 11.3 Å². The van der Waals surface area contributed by atoms with Gasteiger partial charge in [0, 0.05) is 23.3 Å². The summed E-state index contributed by atoms with van der Waals surface area (Å²) in [5.74, 6) is 0.569. The van der Waals surface area contributed by atoms with Gasteiger partial charge >= 0.3 is 0 Å². The number of aromatic nitrogens is 2. The van der Waals surface area contributed by atoms with Gasteiger partial charge in [0.05, 0.1) is 12.2 Å². The Bertz CT molecular complexity index is 862. The van der Waals surface area contributed by atoms with Crippen molar-refractivity contribution in [3.8, 4) is 16.3 Å². The first kappa shape index (κ1) is 17.1. The number of ether oxygens (including phenoxy) is 1. The van der Waals surface area contributed by atoms with Gasteiger partial charge < -0.3 is 10.1 Å². The molecule has 25 heavy (non-hydrogen) atoms. The largest absolute Gasteiger partial charge is 0.483 e. The third-order valence-corrected chi connectivity index (χ3v) is 4.78. The fourth-order valence-corrected chi connectivity index (χ4v) is 3.08. The minimum absolute atomic E-state index is 0.0100. The summed E-state index contributed by atoms with van der Waals surface area (Å²) in [7, 11) is 0. The van der Waals surface area contributed by atoms with Gasteiger partial charge in [-0.05, 0) is 43.2 Å². The molecule has 0 aliphatic carbocycles. The maximum absolute atomic E-state index is 12.0. The summed E-state index contributed by atoms with van der Waals surface area (Å²) >= 11 is 1.53. The lowest BCUT2D eigenvalue weighted by molar-refractivity contribution is -0.123. The van der Waals surface area contributed by atoms with Crippen LogP contribution in [0.1, 0.15) is 16.8 Å². The van der Waals surface area contributed by atoms with Crippen molar-refractivity contribution in [1.29, 1.82) is 0 Å². The summed E-state index contributed by atoms with van der Waals surface area (Å²) < 4.78 is 5.60. The van der Waals surface area contributed by atoms with E-state index < -0.39 is 0 Å². The van der Waals surface area contributed by atoms with E-state index in [-0.39, 0.29) is 12.5 Å². The van der Waals surface area contributed by atoms with E-state index in [1.54, 1.807) is 12.4 Å². The molecule has 0 bridgehead atoms. The Morgan fingerprint density at radius 3 is 2.92 bits per heavy atom. The fourth-order valence-electron chi connectivity index (χ4n) is 2.27. The molecule has 1 aromatic carbocycles. The molecule has 0 radical (unpaired) electrons. The SMILES string of the molecule is Cc1cccc(OCC(=O)NCc2csc(-c3cccnc3)n2)c1C. The van der Waals surface area contributed by atoms with Crippen LogP contribution in [0.2, 0.25) is 0 Å². The van der Waals surface area contributed by atoms with Gasteiger partial charge in [0.15, 0.2) is 6.61 Å². The van der Waals surface area contributed by atoms with Crippen molar-refractivity contribution in [3.05, 3.63) is 64.9 Å². The summed E-state index contributed by atoms with van der Waals surface area (Å²) in [4.78, 5) is 20.6. The van der Waals surface area contributed by atoms with Crippen molar-refractivity contribution < 1.29 is 9.53 Å². The van der Waals surface area contributed by atoms with Crippen LogP contribution in [-0.4, -0.2) is 22.5 Å². The summed E-state index contributed by atoms with van der Waals surface area (Å²) in [6, 6.07) is 9.65. The number of aryl methyl sites for hydroxylation is 1. The maximum Gasteiger partial charge on any atom is 0.258 e. The van der Waals surface area contributed by atoms with Crippen LogP contribution in [0.15, 0.2) is 48.1 Å². The number of thiazole rings is 1. The van der Waals surface area contributed by atoms with Crippen molar-refractivity contribution >= 4 is 17.2 Å². The number of hydrogen-bond donors (Lipinski definition) is 1. The highest BCUT2D eigenvalue weighted by Crippen LogP contribution is 2.22. The van der Waals surface area contributed by atoms with Crippen LogP contribution in [0.3, 0.4) is 0 Å². The Morgan fingerprint density at radius 2 is 2.12 bits per heavy atom. The zero-order valence-electron chi connectivity index (χ0n) is 14.2. The molecule has 2 aromatic heterocycles. The van der Waals surface area contributed by atoms with Gasteiger partial charge in [-0.15, -0.1) is 11.3 Å². The average molecular weight is 353 g/mol. The van der Waals surface area contributed by atoms with Crippen molar-refractivity contribution in [2.24, 2.45) is 0 Å². The Hall–Kier alpha value is -2.73. The molecule has 3 rings (SSSR count). The van der Waals surface area contributed by atoms with Gasteiger partial charge in [-0.1, -0.05) is 12.1 Å². The molecule has 0 atom stereocenters. The smallest absolute Gasteiger partial charge is 0.258 e. The normalized spacial score (nSPS) is 10.5. The number of hydrogen-bond acceptors (Lipinski definition) is 5. The van der Waals surface area contributed by atoms with E-state index in [2.05, 4.69) is 15.3 Å². The van der Waals surface area contributed by atoms with Crippen molar-refractivity contribution in [3.63, 3.8) is 0 Å². The summed E-state index contributed by atoms with van der Waals surface area (Å²) in [6.45, 7) is 4.37. The van der Waals surface area contributed by atoms with Crippen LogP contribution in [0.4, 0.5) is 0 Å². The molecule has 3 aromatic rings. The molecule has 6 heteroatoms. The standard InChI is InChI=1S/C19H19N3O2S/c1-13-5-3-7-17(14(13)2)24-11-18(23)21-10-16-12-25-19(22-16)15-6-4-8-20-9-15/h3-9,12H,10-11H2,1-2H3,(H,21,23). The lowest BCUT2D eigenvalue weighted by Gasteiger charge is -2.10. The van der Waals surface area contributed by atoms with Gasteiger partial charge in [0.1, 0.15) is 10.8 Å². The van der Waals surface area contributed by atoms with Crippen LogP contribution < -0.4 is 10.1 Å². The topological polar surface area (TPSA) is 64.1 Å². The molecular formula is C19H19N3O2S. The van der Waals surface area contributed by atoms with E-state index in [4.69, 9.17) is 4.74 Å². The molecule has 0 fully saturated rings. The monoisotopic (exact) mass is 353 g/mol. The maximum atomic E-state index is 12.0. The number of carbonyl (C=O) groups is 1. The van der Waals surface area contributed by atoms with Crippen molar-refractivity contribution in [1.82, 2.24) is 15.3 Å². The molecule has 0 aliphatic heterocycles. The van der Waals surface area contributed by atoms with E-state index in [1.807, 2.05) is 49.6 Å². The van der Waals surface area contributed by atoms with E-state index in [9.17, 15) is 4.79 Å². The van der Waals surface area contributed by atoms with Crippen LogP contribution >= 0.6 is 11.3 Å². The van der Waals surface area contributed by atoms with Crippen LogP contribution in [0, 0.1) is 13.8 Å². The van der Waals surface area contributed by atoms with Gasteiger partial charge in [-0.3, -0.25) is 9.78 Å². The molecule has 1 amide bonds. The Balaban J connectivity index is 1.51. The Kier molecular flexibility index (Phi) is 5.40. The summed E-state index contributed by atoms with van der Waals surface area (Å²) in [5, 5.41) is 5.66. The zero-order valence-corrected chi connectivity index (χ0v) is 15.0. The average Bonchev–Trinajstić information content (AvgIpc) is 3.11. The molecule has 128 valence electrons. The van der Waals surface area contributed by atoms with Crippen molar-refractivity contribution in [2.45, 2.75) is 20.4 Å². The molecule has 5 nitrogen and oxygen atoms in total. The quantitative estimate of drug-likeness (QED) is 0.736. The fraction of sp³-hybridized carbons (Fsp3) is 0.211. The number of nitrogens with zero attached hydrogens (tertiary/aromatic N) is 2. The number of carbonyl (C=O) groups excluding carboxylic acids is 1. The molecular weight excluding hydrogens is 334 g/mol. The highest BCUT2D eigenvalue weighted by atomic mass is 32.1. The predicted octanol–water partition coefficient (Wildman–Crippen LogP) is 3.52. The number of benzene rings is 1. The molecule has 0 saturated heterocycles. The summed E-state index contributed by atoms with van der Waals surface area (Å²) in [5.41, 5.74) is 3.99. The van der Waals surface area contributed by atoms with Gasteiger partial charge in [-0.25, -0.2) is 4.98 Å². The molecule has 0 spiro atoms. The van der Waals surface area contributed by atoms with E-state index in [0.717, 1.165) is 33.1 Å². The second-order valence-electron chi connectivity index (χ2n) is 5.65. The van der Waals surface area contributed by atoms with Crippen molar-refractivity contribution in [2.75, 3.05) is 6.61 Å². The number of rotatable bonds is 6. The van der Waals surface area contributed by atoms with E-state index >= 15 is 0 Å². The predicted molar refractivity (Wildman–Crippen MR) is 98.6 cm³/mol. The van der Waals surface area contributed by atoms with Crippen LogP contribution in [0.25, 0.3) is 10.6 Å². The van der Waals surface area contributed by atoms with Gasteiger partial charge in [0.2, 0.25) is 0 Å². The lowest BCUT2D eigenvalue weighted by Crippen LogP contribution is -2.28. The second kappa shape index (κ2) is 7.90. The molecule has 2 heterocycles. The first-order valence-electron chi connectivity index (χ1n) is 7.94. The van der Waals surface area contributed by atoms with Gasteiger partial charge in [0.25, 0.3) is 5.91 Å². The Labute approximate surface area is 150 Å². The minimum atomic E-state index is -0.170. The Morgan fingerprint density at radius 1 is 1.24 bits per heavy atom. The van der Waals surface area contributed by atoms with Crippen LogP contribution in [0.5, 0.6) is 5.75 Å². The van der Waals surface area contributed by atoms with E-state index in [0.29, 0.717) is 6.54 Å². The number of pyridine rings is 1. The van der Waals surface area contributed by atoms with E-state index in [1.165, 1.54) is 11.3 Å². The third kappa shape index (κ3) is 4.42. The third-order valence-electron chi connectivity index (χ3n) is 3.84. The number of amides is 1. The molecule has 0 aliphatic rings. The second-order valence-corrected chi connectivity index (χ2v) is 6.51. The lowest BCUT2D eigenvalue weighted by atomic mass is 10.1. The molecule has 1 N–H and O–H groups in total. The first-order chi connectivity index (χ1) is 12.1. The highest BCUT2D eigenvalue weighted by molar-refractivity contribution is 7.13. The molecule has 0 saturated carbocycles. The highest BCUT2D eigenvalue weighted by Gasteiger charge is 2.08. The summed E-state index contributed by atoms with van der Waals surface area (Å²) in [6.07, 6.45) is 3.51. The molecule has 0 unspecified atom stereocenters. The number of nitrogens with one attached hydrogen (secondary N) is 1. The minimum Gasteiger partial charge on any atom is -0.483 e.